The summed E-state index contributed by atoms with van der Waals surface area (Å²) >= 11 is 0. The van der Waals surface area contributed by atoms with E-state index in [1.807, 2.05) is 0 Å². The molecule has 0 aliphatic carbocycles. The molecule has 1 heterocycles. The quantitative estimate of drug-likeness (QED) is 0.315. The maximum Gasteiger partial charge on any atom is 0.0137 e. The summed E-state index contributed by atoms with van der Waals surface area (Å²) in [6.07, 6.45) is 14.2. The number of piperazine rings is 1. The number of rotatable bonds is 15. The molecule has 1 aliphatic rings. The van der Waals surface area contributed by atoms with Crippen LogP contribution in [0, 0.1) is 0 Å². The first-order chi connectivity index (χ1) is 14.0. The van der Waals surface area contributed by atoms with Crippen molar-refractivity contribution in [3.05, 3.63) is 34.9 Å². The molecule has 29 heavy (non-hydrogen) atoms. The zero-order valence-electron chi connectivity index (χ0n) is 19.8. The molecule has 168 valence electrons. The number of nitrogens with zero attached hydrogens (tertiary/aromatic N) is 2. The number of hydrogen-bond donors (Lipinski definition) is 2. The van der Waals surface area contributed by atoms with E-state index in [0.717, 1.165) is 26.1 Å². The van der Waals surface area contributed by atoms with Crippen LogP contribution in [0.5, 0.6) is 0 Å². The highest BCUT2D eigenvalue weighted by atomic mass is 15.3. The van der Waals surface area contributed by atoms with Crippen LogP contribution in [0.25, 0.3) is 0 Å². The molecule has 0 aromatic heterocycles. The monoisotopic (exact) mass is 404 g/mol. The molecule has 0 atom stereocenters. The van der Waals surface area contributed by atoms with E-state index in [9.17, 15) is 0 Å². The molecule has 0 saturated carbocycles. The van der Waals surface area contributed by atoms with E-state index >= 15 is 0 Å². The third-order valence-corrected chi connectivity index (χ3v) is 5.69. The molecule has 3 N–H and O–H groups in total. The fourth-order valence-electron chi connectivity index (χ4n) is 3.67. The van der Waals surface area contributed by atoms with Crippen molar-refractivity contribution >= 4 is 0 Å². The molecule has 4 heteroatoms. The Labute approximate surface area is 181 Å². The fourth-order valence-corrected chi connectivity index (χ4v) is 3.67. The van der Waals surface area contributed by atoms with Crippen LogP contribution in [0.1, 0.15) is 66.2 Å². The molecule has 1 fully saturated rings. The minimum Gasteiger partial charge on any atom is -0.330 e. The van der Waals surface area contributed by atoms with Gasteiger partial charge in [-0.2, -0.15) is 0 Å². The lowest BCUT2D eigenvalue weighted by Crippen LogP contribution is -2.47. The maximum atomic E-state index is 5.60. The van der Waals surface area contributed by atoms with Crippen LogP contribution in [0.4, 0.5) is 0 Å². The summed E-state index contributed by atoms with van der Waals surface area (Å²) < 4.78 is 0. The number of nitrogens with one attached hydrogen (secondary N) is 1. The van der Waals surface area contributed by atoms with Crippen molar-refractivity contribution in [3.63, 3.8) is 0 Å². The molecular formula is C25H48N4. The summed E-state index contributed by atoms with van der Waals surface area (Å²) in [6.45, 7) is 19.0. The van der Waals surface area contributed by atoms with Crippen LogP contribution < -0.4 is 11.1 Å². The molecule has 0 spiro atoms. The van der Waals surface area contributed by atoms with Gasteiger partial charge in [-0.15, -0.1) is 0 Å². The second-order valence-electron chi connectivity index (χ2n) is 8.84. The van der Waals surface area contributed by atoms with Crippen LogP contribution in [-0.4, -0.2) is 68.7 Å². The minimum atomic E-state index is 0.812. The molecule has 0 bridgehead atoms. The molecule has 0 aromatic rings. The lowest BCUT2D eigenvalue weighted by atomic mass is 10.1. The van der Waals surface area contributed by atoms with E-state index in [4.69, 9.17) is 5.73 Å². The number of hydrogen-bond acceptors (Lipinski definition) is 4. The van der Waals surface area contributed by atoms with Crippen molar-refractivity contribution < 1.29 is 0 Å². The van der Waals surface area contributed by atoms with E-state index in [1.54, 1.807) is 0 Å². The van der Waals surface area contributed by atoms with Crippen molar-refractivity contribution in [1.82, 2.24) is 15.1 Å². The van der Waals surface area contributed by atoms with E-state index in [2.05, 4.69) is 61.0 Å². The number of allylic oxidation sites excluding steroid dienone is 5. The predicted octanol–water partition coefficient (Wildman–Crippen LogP) is 4.35. The highest BCUT2D eigenvalue weighted by Crippen LogP contribution is 2.11. The normalized spacial score (nSPS) is 17.0. The summed E-state index contributed by atoms with van der Waals surface area (Å²) in [6, 6.07) is 0. The van der Waals surface area contributed by atoms with Crippen LogP contribution in [-0.2, 0) is 0 Å². The van der Waals surface area contributed by atoms with Gasteiger partial charge in [0.25, 0.3) is 0 Å². The third kappa shape index (κ3) is 14.6. The number of nitrogens with two attached hydrogens (primary N) is 1. The van der Waals surface area contributed by atoms with E-state index < -0.39 is 0 Å². The maximum absolute atomic E-state index is 5.60. The van der Waals surface area contributed by atoms with Gasteiger partial charge in [-0.05, 0) is 92.4 Å². The summed E-state index contributed by atoms with van der Waals surface area (Å²) in [5.74, 6) is 0. The SMILES string of the molecule is CC(C)=CCC/C(C)=C/CC/C(C)=C/CNCCCN1CCN(CCCN)CC1. The lowest BCUT2D eigenvalue weighted by Gasteiger charge is -2.34. The van der Waals surface area contributed by atoms with Gasteiger partial charge in [0, 0.05) is 32.7 Å². The Balaban J connectivity index is 2.02. The molecular weight excluding hydrogens is 356 g/mol. The van der Waals surface area contributed by atoms with Gasteiger partial charge in [-0.1, -0.05) is 34.9 Å². The first-order valence-corrected chi connectivity index (χ1v) is 11.8. The molecule has 0 radical (unpaired) electrons. The summed E-state index contributed by atoms with van der Waals surface area (Å²) in [7, 11) is 0. The Kier molecular flexibility index (Phi) is 15.1. The zero-order valence-corrected chi connectivity index (χ0v) is 19.8. The Bertz CT molecular complexity index is 495. The molecule has 1 aliphatic heterocycles. The van der Waals surface area contributed by atoms with E-state index in [0.29, 0.717) is 0 Å². The third-order valence-electron chi connectivity index (χ3n) is 5.69. The van der Waals surface area contributed by atoms with Gasteiger partial charge >= 0.3 is 0 Å². The molecule has 1 saturated heterocycles. The van der Waals surface area contributed by atoms with Crippen molar-refractivity contribution in [2.24, 2.45) is 5.73 Å². The van der Waals surface area contributed by atoms with Crippen LogP contribution >= 0.6 is 0 Å². The lowest BCUT2D eigenvalue weighted by molar-refractivity contribution is 0.131. The minimum absolute atomic E-state index is 0.812. The van der Waals surface area contributed by atoms with Gasteiger partial charge in [0.05, 0.1) is 0 Å². The van der Waals surface area contributed by atoms with Crippen LogP contribution in [0.15, 0.2) is 34.9 Å². The van der Waals surface area contributed by atoms with Gasteiger partial charge in [0.15, 0.2) is 0 Å². The standard InChI is InChI=1S/C25H48N4/c1-23(2)9-5-10-24(3)11-6-12-25(4)13-16-27-15-8-18-29-21-19-28(20-22-29)17-7-14-26/h9,11,13,27H,5-8,10,12,14-22,26H2,1-4H3/b24-11+,25-13+. The summed E-state index contributed by atoms with van der Waals surface area (Å²) in [5, 5.41) is 3.58. The van der Waals surface area contributed by atoms with E-state index in [1.165, 1.54) is 88.1 Å². The smallest absolute Gasteiger partial charge is 0.0137 e. The first-order valence-electron chi connectivity index (χ1n) is 11.8. The highest BCUT2D eigenvalue weighted by molar-refractivity contribution is 5.05. The summed E-state index contributed by atoms with van der Waals surface area (Å²) in [5.41, 5.74) is 10.0. The highest BCUT2D eigenvalue weighted by Gasteiger charge is 2.15. The van der Waals surface area contributed by atoms with Gasteiger partial charge in [0.2, 0.25) is 0 Å². The molecule has 4 nitrogen and oxygen atoms in total. The zero-order chi connectivity index (χ0) is 21.3. The Morgan fingerprint density at radius 2 is 1.34 bits per heavy atom. The van der Waals surface area contributed by atoms with Crippen molar-refractivity contribution in [2.75, 3.05) is 58.9 Å². The molecule has 0 amide bonds. The van der Waals surface area contributed by atoms with Gasteiger partial charge in [0.1, 0.15) is 0 Å². The van der Waals surface area contributed by atoms with Gasteiger partial charge in [-0.3, -0.25) is 0 Å². The Hall–Kier alpha value is -0.940. The van der Waals surface area contributed by atoms with Crippen molar-refractivity contribution in [2.45, 2.75) is 66.2 Å². The average molecular weight is 405 g/mol. The van der Waals surface area contributed by atoms with E-state index in [-0.39, 0.29) is 0 Å². The fraction of sp³-hybridized carbons (Fsp3) is 0.760. The molecule has 0 unspecified atom stereocenters. The van der Waals surface area contributed by atoms with Crippen molar-refractivity contribution in [3.8, 4) is 0 Å². The van der Waals surface area contributed by atoms with Crippen molar-refractivity contribution in [1.29, 1.82) is 0 Å². The van der Waals surface area contributed by atoms with Crippen LogP contribution in [0.3, 0.4) is 0 Å². The van der Waals surface area contributed by atoms with Crippen LogP contribution in [0.2, 0.25) is 0 Å². The first kappa shape index (κ1) is 26.1. The Morgan fingerprint density at radius 1 is 0.793 bits per heavy atom. The largest absolute Gasteiger partial charge is 0.330 e. The van der Waals surface area contributed by atoms with Gasteiger partial charge < -0.3 is 20.9 Å². The predicted molar refractivity (Wildman–Crippen MR) is 129 cm³/mol. The second-order valence-corrected chi connectivity index (χ2v) is 8.84. The Morgan fingerprint density at radius 3 is 1.93 bits per heavy atom. The molecule has 0 aromatic carbocycles. The molecule has 1 rings (SSSR count). The topological polar surface area (TPSA) is 44.5 Å². The summed E-state index contributed by atoms with van der Waals surface area (Å²) in [4.78, 5) is 5.16. The second kappa shape index (κ2) is 16.8. The average Bonchev–Trinajstić information content (AvgIpc) is 2.69. The van der Waals surface area contributed by atoms with Gasteiger partial charge in [-0.25, -0.2) is 0 Å².